The summed E-state index contributed by atoms with van der Waals surface area (Å²) in [7, 11) is 0.383. The Morgan fingerprint density at radius 2 is 1.73 bits per heavy atom. The van der Waals surface area contributed by atoms with Crippen LogP contribution < -0.4 is 4.90 Å². The van der Waals surface area contributed by atoms with E-state index in [0.717, 1.165) is 11.1 Å². The second-order valence-electron chi connectivity index (χ2n) is 5.78. The monoisotopic (exact) mass is 365 g/mol. The van der Waals surface area contributed by atoms with Crippen LogP contribution in [0.5, 0.6) is 0 Å². The molecule has 7 heteroatoms. The van der Waals surface area contributed by atoms with Crippen LogP contribution in [-0.4, -0.2) is 28.6 Å². The molecule has 26 heavy (non-hydrogen) atoms. The van der Waals surface area contributed by atoms with Crippen LogP contribution in [0.3, 0.4) is 0 Å². The lowest BCUT2D eigenvalue weighted by atomic mass is 10.0. The third kappa shape index (κ3) is 2.58. The van der Waals surface area contributed by atoms with Gasteiger partial charge < -0.3 is 4.90 Å². The molecule has 0 saturated heterocycles. The van der Waals surface area contributed by atoms with Crippen molar-refractivity contribution in [3.63, 3.8) is 0 Å². The smallest absolute Gasteiger partial charge is 0.303 e. The summed E-state index contributed by atoms with van der Waals surface area (Å²) in [6.45, 7) is 0. The van der Waals surface area contributed by atoms with Gasteiger partial charge in [-0.15, -0.1) is 4.47 Å². The topological polar surface area (TPSA) is 73.2 Å². The van der Waals surface area contributed by atoms with Crippen LogP contribution in [0.25, 0.3) is 10.8 Å². The number of hydroxylamine groups is 1. The minimum Gasteiger partial charge on any atom is -0.304 e. The van der Waals surface area contributed by atoms with Crippen molar-refractivity contribution >= 4 is 38.3 Å². The van der Waals surface area contributed by atoms with Crippen molar-refractivity contribution in [2.45, 2.75) is 4.90 Å². The van der Waals surface area contributed by atoms with Gasteiger partial charge in [0, 0.05) is 7.05 Å². The average Bonchev–Trinajstić information content (AvgIpc) is 2.92. The SMILES string of the molecule is CN1C(=O)S(=NN(O)C(=O)c2cccc3ccccc23)c2ccccc21. The number of benzene rings is 3. The molecule has 1 unspecified atom stereocenters. The maximum Gasteiger partial charge on any atom is 0.303 e. The Kier molecular flexibility index (Phi) is 4.02. The second-order valence-corrected chi connectivity index (χ2v) is 7.30. The average molecular weight is 365 g/mol. The maximum absolute atomic E-state index is 12.7. The normalized spacial score (nSPS) is 16.2. The van der Waals surface area contributed by atoms with E-state index >= 15 is 0 Å². The zero-order valence-electron chi connectivity index (χ0n) is 13.9. The Morgan fingerprint density at radius 1 is 1.04 bits per heavy atom. The Morgan fingerprint density at radius 3 is 2.58 bits per heavy atom. The fourth-order valence-corrected chi connectivity index (χ4v) is 4.48. The molecule has 0 aromatic heterocycles. The van der Waals surface area contributed by atoms with Gasteiger partial charge >= 0.3 is 5.24 Å². The zero-order chi connectivity index (χ0) is 18.3. The molecule has 0 aliphatic carbocycles. The van der Waals surface area contributed by atoms with E-state index in [1.54, 1.807) is 31.3 Å². The summed E-state index contributed by atoms with van der Waals surface area (Å²) in [5.74, 6) is -0.672. The van der Waals surface area contributed by atoms with Crippen molar-refractivity contribution in [3.8, 4) is 0 Å². The van der Waals surface area contributed by atoms with Gasteiger partial charge in [-0.2, -0.15) is 0 Å². The summed E-state index contributed by atoms with van der Waals surface area (Å²) in [4.78, 5) is 27.3. The fraction of sp³-hybridized carbons (Fsp3) is 0.0526. The largest absolute Gasteiger partial charge is 0.304 e. The molecule has 3 aromatic carbocycles. The minimum absolute atomic E-state index is 0.268. The van der Waals surface area contributed by atoms with Crippen molar-refractivity contribution in [1.82, 2.24) is 5.17 Å². The highest BCUT2D eigenvalue weighted by atomic mass is 32.2. The first kappa shape index (κ1) is 16.4. The number of hydrogen-bond donors (Lipinski definition) is 1. The molecule has 3 aromatic rings. The number of nitrogens with zero attached hydrogens (tertiary/aromatic N) is 3. The van der Waals surface area contributed by atoms with E-state index in [9.17, 15) is 14.8 Å². The van der Waals surface area contributed by atoms with Crippen molar-refractivity contribution < 1.29 is 14.8 Å². The van der Waals surface area contributed by atoms with Crippen LogP contribution in [-0.2, 0) is 10.7 Å². The molecule has 6 nitrogen and oxygen atoms in total. The predicted octanol–water partition coefficient (Wildman–Crippen LogP) is 4.02. The first-order valence-corrected chi connectivity index (χ1v) is 9.10. The summed E-state index contributed by atoms with van der Waals surface area (Å²) < 4.78 is 4.01. The molecule has 130 valence electrons. The molecule has 4 rings (SSSR count). The molecule has 0 fully saturated rings. The van der Waals surface area contributed by atoms with Gasteiger partial charge in [-0.1, -0.05) is 53.7 Å². The van der Waals surface area contributed by atoms with Crippen LogP contribution in [0.4, 0.5) is 10.5 Å². The number of rotatable bonds is 2. The minimum atomic E-state index is -1.27. The van der Waals surface area contributed by atoms with E-state index in [2.05, 4.69) is 4.47 Å². The van der Waals surface area contributed by atoms with Gasteiger partial charge in [0.2, 0.25) is 0 Å². The highest BCUT2D eigenvalue weighted by Crippen LogP contribution is 2.33. The van der Waals surface area contributed by atoms with Crippen LogP contribution in [0.15, 0.2) is 76.1 Å². The number of amides is 2. The number of para-hydroxylation sites is 1. The van der Waals surface area contributed by atoms with E-state index in [0.29, 0.717) is 21.0 Å². The quantitative estimate of drug-likeness (QED) is 0.551. The van der Waals surface area contributed by atoms with Gasteiger partial charge in [0.15, 0.2) is 0 Å². The van der Waals surface area contributed by atoms with Crippen molar-refractivity contribution in [3.05, 3.63) is 72.3 Å². The van der Waals surface area contributed by atoms with Gasteiger partial charge in [0.05, 0.1) is 26.8 Å². The molecule has 0 spiro atoms. The molecule has 1 aliphatic heterocycles. The highest BCUT2D eigenvalue weighted by Gasteiger charge is 2.31. The number of anilines is 1. The van der Waals surface area contributed by atoms with Crippen molar-refractivity contribution in [1.29, 1.82) is 0 Å². The molecular weight excluding hydrogens is 350 g/mol. The van der Waals surface area contributed by atoms with E-state index in [1.165, 1.54) is 4.90 Å². The maximum atomic E-state index is 12.7. The first-order valence-electron chi connectivity index (χ1n) is 7.92. The van der Waals surface area contributed by atoms with Gasteiger partial charge in [0.25, 0.3) is 5.91 Å². The van der Waals surface area contributed by atoms with E-state index in [-0.39, 0.29) is 5.24 Å². The fourth-order valence-electron chi connectivity index (χ4n) is 2.93. The van der Waals surface area contributed by atoms with Crippen molar-refractivity contribution in [2.24, 2.45) is 4.47 Å². The molecule has 0 radical (unpaired) electrons. The lowest BCUT2D eigenvalue weighted by Crippen LogP contribution is -2.26. The summed E-state index contributed by atoms with van der Waals surface area (Å²) in [5, 5.41) is 11.9. The molecular formula is C19H15N3O3S. The van der Waals surface area contributed by atoms with Gasteiger partial charge in [-0.25, -0.2) is 0 Å². The van der Waals surface area contributed by atoms with Crippen LogP contribution in [0.1, 0.15) is 10.4 Å². The number of carbonyl (C=O) groups excluding carboxylic acids is 2. The number of hydrogen-bond acceptors (Lipinski definition) is 4. The summed E-state index contributed by atoms with van der Waals surface area (Å²) in [6, 6.07) is 19.9. The molecule has 1 atom stereocenters. The first-order chi connectivity index (χ1) is 12.6. The summed E-state index contributed by atoms with van der Waals surface area (Å²) in [5.41, 5.74) is 1.06. The second kappa shape index (κ2) is 6.36. The molecule has 1 heterocycles. The van der Waals surface area contributed by atoms with Crippen LogP contribution in [0.2, 0.25) is 0 Å². The third-order valence-corrected chi connectivity index (χ3v) is 5.92. The standard InChI is InChI=1S/C19H15N3O3S/c1-21-16-11-4-5-12-17(16)26(19(21)24)20-22(25)18(23)15-10-6-8-13-7-2-3-9-14(13)15/h2-12,25H,1H3. The number of fused-ring (bicyclic) bond motifs is 2. The number of carbonyl (C=O) groups is 2. The van der Waals surface area contributed by atoms with Gasteiger partial charge in [-0.3, -0.25) is 14.8 Å². The molecule has 2 amide bonds. The van der Waals surface area contributed by atoms with E-state index < -0.39 is 16.6 Å². The Labute approximate surface area is 152 Å². The Balaban J connectivity index is 1.74. The Bertz CT molecular complexity index is 1080. The zero-order valence-corrected chi connectivity index (χ0v) is 14.7. The van der Waals surface area contributed by atoms with Crippen molar-refractivity contribution in [2.75, 3.05) is 11.9 Å². The molecule has 1 aliphatic rings. The predicted molar refractivity (Wildman–Crippen MR) is 100 cm³/mol. The Hall–Kier alpha value is -3.03. The molecule has 0 bridgehead atoms. The molecule has 0 saturated carbocycles. The lowest BCUT2D eigenvalue weighted by Gasteiger charge is -2.12. The third-order valence-electron chi connectivity index (χ3n) is 4.23. The summed E-state index contributed by atoms with van der Waals surface area (Å²) in [6.07, 6.45) is 0. The van der Waals surface area contributed by atoms with E-state index in [4.69, 9.17) is 0 Å². The van der Waals surface area contributed by atoms with Crippen LogP contribution >= 0.6 is 0 Å². The van der Waals surface area contributed by atoms with E-state index in [1.807, 2.05) is 42.5 Å². The lowest BCUT2D eigenvalue weighted by molar-refractivity contribution is -0.0544. The molecule has 1 N–H and O–H groups in total. The van der Waals surface area contributed by atoms with Gasteiger partial charge in [-0.05, 0) is 29.0 Å². The summed E-state index contributed by atoms with van der Waals surface area (Å²) >= 11 is 0. The van der Waals surface area contributed by atoms with Crippen LogP contribution in [0, 0.1) is 0 Å². The van der Waals surface area contributed by atoms with Gasteiger partial charge in [0.1, 0.15) is 0 Å². The highest BCUT2D eigenvalue weighted by molar-refractivity contribution is 8.03.